The molecule has 2 aliphatic rings. The quantitative estimate of drug-likeness (QED) is 0.782. The maximum atomic E-state index is 14.2. The Morgan fingerprint density at radius 3 is 2.67 bits per heavy atom. The molecule has 1 aliphatic carbocycles. The lowest BCUT2D eigenvalue weighted by Crippen LogP contribution is -2.43. The number of likely N-dealkylation sites (tertiary alicyclic amines) is 1. The van der Waals surface area contributed by atoms with E-state index in [9.17, 15) is 18.0 Å². The number of methoxy groups -OCH3 is 1. The van der Waals surface area contributed by atoms with Crippen molar-refractivity contribution in [3.63, 3.8) is 0 Å². The summed E-state index contributed by atoms with van der Waals surface area (Å²) >= 11 is 0. The Morgan fingerprint density at radius 1 is 1.41 bits per heavy atom. The highest BCUT2D eigenvalue weighted by Crippen LogP contribution is 2.40. The third-order valence-corrected chi connectivity index (χ3v) is 4.78. The predicted octanol–water partition coefficient (Wildman–Crippen LogP) is 2.54. The summed E-state index contributed by atoms with van der Waals surface area (Å²) in [7, 11) is 3.24. The number of halogens is 4. The van der Waals surface area contributed by atoms with Gasteiger partial charge in [0.25, 0.3) is 11.8 Å². The van der Waals surface area contributed by atoms with Gasteiger partial charge in [0.05, 0.1) is 13.2 Å². The Balaban J connectivity index is 0.00000261. The van der Waals surface area contributed by atoms with Gasteiger partial charge in [0.2, 0.25) is 11.8 Å². The van der Waals surface area contributed by atoms with Crippen molar-refractivity contribution in [3.8, 4) is 11.8 Å². The number of amides is 1. The van der Waals surface area contributed by atoms with Gasteiger partial charge in [-0.3, -0.25) is 9.69 Å². The van der Waals surface area contributed by atoms with E-state index in [2.05, 4.69) is 10.3 Å². The Bertz CT molecular complexity index is 685. The van der Waals surface area contributed by atoms with Crippen LogP contribution in [0.3, 0.4) is 0 Å². The molecule has 1 N–H and O–H groups in total. The number of likely N-dealkylation sites (N-methyl/N-ethyl adjacent to an activating group) is 1. The number of hydrogen-bond acceptors (Lipinski definition) is 5. The van der Waals surface area contributed by atoms with Gasteiger partial charge in [-0.15, -0.1) is 12.4 Å². The van der Waals surface area contributed by atoms with Gasteiger partial charge in [0.15, 0.2) is 5.82 Å². The molecule has 0 spiro atoms. The van der Waals surface area contributed by atoms with Crippen LogP contribution in [0, 0.1) is 5.82 Å². The van der Waals surface area contributed by atoms with E-state index in [0.29, 0.717) is 5.56 Å². The molecule has 10 heteroatoms. The van der Waals surface area contributed by atoms with Crippen LogP contribution in [0.15, 0.2) is 6.07 Å². The predicted molar refractivity (Wildman–Crippen MR) is 94.1 cm³/mol. The Labute approximate surface area is 161 Å². The fraction of sp³-hybridized carbons (Fsp3) is 0.647. The second kappa shape index (κ2) is 8.52. The molecule has 27 heavy (non-hydrogen) atoms. The maximum absolute atomic E-state index is 14.2. The van der Waals surface area contributed by atoms with Gasteiger partial charge in [0.1, 0.15) is 6.10 Å². The first-order chi connectivity index (χ1) is 12.3. The standard InChI is InChI=1S/C17H22F3N3O3.ClH/c1-23-5-3-4-13(23)14(24)21-9-10-6-12(18)16(22-15(10)25-2)26-11-7-17(19,20)8-11;/h6,11,13H,3-5,7-9H2,1-2H3,(H,21,24);1H/t13-;/m0./s1. The molecule has 1 aromatic heterocycles. The number of aromatic nitrogens is 1. The van der Waals surface area contributed by atoms with E-state index in [0.717, 1.165) is 25.5 Å². The number of nitrogens with one attached hydrogen (secondary N) is 1. The lowest BCUT2D eigenvalue weighted by atomic mass is 9.91. The molecule has 0 unspecified atom stereocenters. The van der Waals surface area contributed by atoms with E-state index in [1.54, 1.807) is 0 Å². The van der Waals surface area contributed by atoms with Crippen LogP contribution in [-0.4, -0.2) is 54.6 Å². The number of carbonyl (C=O) groups excluding carboxylic acids is 1. The summed E-state index contributed by atoms with van der Waals surface area (Å²) < 4.78 is 50.3. The van der Waals surface area contributed by atoms with Crippen LogP contribution in [-0.2, 0) is 11.3 Å². The van der Waals surface area contributed by atoms with Crippen LogP contribution in [0.5, 0.6) is 11.8 Å². The van der Waals surface area contributed by atoms with Gasteiger partial charge < -0.3 is 14.8 Å². The average Bonchev–Trinajstić information content (AvgIpc) is 2.99. The minimum Gasteiger partial charge on any atom is -0.481 e. The third-order valence-electron chi connectivity index (χ3n) is 4.78. The first-order valence-electron chi connectivity index (χ1n) is 8.55. The SMILES string of the molecule is COc1nc(OC2CC(F)(F)C2)c(F)cc1CNC(=O)[C@@H]1CCCN1C.Cl. The van der Waals surface area contributed by atoms with Crippen LogP contribution >= 0.6 is 12.4 Å². The molecule has 0 aromatic carbocycles. The number of nitrogens with zero attached hydrogens (tertiary/aromatic N) is 2. The molecule has 2 heterocycles. The van der Waals surface area contributed by atoms with Crippen molar-refractivity contribution >= 4 is 18.3 Å². The number of rotatable bonds is 6. The zero-order valence-corrected chi connectivity index (χ0v) is 16.0. The van der Waals surface area contributed by atoms with Gasteiger partial charge in [-0.05, 0) is 32.5 Å². The number of carbonyl (C=O) groups is 1. The molecule has 1 atom stereocenters. The molecule has 1 aromatic rings. The molecule has 1 saturated heterocycles. The highest BCUT2D eigenvalue weighted by Gasteiger charge is 2.47. The molecule has 1 aliphatic heterocycles. The fourth-order valence-electron chi connectivity index (χ4n) is 3.27. The van der Waals surface area contributed by atoms with Gasteiger partial charge in [-0.2, -0.15) is 4.98 Å². The summed E-state index contributed by atoms with van der Waals surface area (Å²) in [6.07, 6.45) is 0.0671. The summed E-state index contributed by atoms with van der Waals surface area (Å²) in [6, 6.07) is 0.957. The van der Waals surface area contributed by atoms with E-state index in [1.165, 1.54) is 7.11 Å². The number of hydrogen-bond donors (Lipinski definition) is 1. The van der Waals surface area contributed by atoms with Crippen molar-refractivity contribution in [1.82, 2.24) is 15.2 Å². The summed E-state index contributed by atoms with van der Waals surface area (Å²) in [5.74, 6) is -3.95. The smallest absolute Gasteiger partial charge is 0.255 e. The topological polar surface area (TPSA) is 63.7 Å². The van der Waals surface area contributed by atoms with Crippen LogP contribution in [0.4, 0.5) is 13.2 Å². The van der Waals surface area contributed by atoms with E-state index in [4.69, 9.17) is 9.47 Å². The largest absolute Gasteiger partial charge is 0.481 e. The first-order valence-corrected chi connectivity index (χ1v) is 8.55. The van der Waals surface area contributed by atoms with Crippen molar-refractivity contribution in [2.24, 2.45) is 0 Å². The van der Waals surface area contributed by atoms with Gasteiger partial charge >= 0.3 is 0 Å². The lowest BCUT2D eigenvalue weighted by Gasteiger charge is -2.34. The summed E-state index contributed by atoms with van der Waals surface area (Å²) in [6.45, 7) is 0.919. The summed E-state index contributed by atoms with van der Waals surface area (Å²) in [4.78, 5) is 18.1. The molecule has 0 radical (unpaired) electrons. The Morgan fingerprint density at radius 2 is 2.11 bits per heavy atom. The minimum atomic E-state index is -2.76. The van der Waals surface area contributed by atoms with Gasteiger partial charge in [-0.1, -0.05) is 0 Å². The van der Waals surface area contributed by atoms with Crippen LogP contribution in [0.25, 0.3) is 0 Å². The van der Waals surface area contributed by atoms with Crippen molar-refractivity contribution in [2.75, 3.05) is 20.7 Å². The van der Waals surface area contributed by atoms with Crippen molar-refractivity contribution in [2.45, 2.75) is 50.3 Å². The van der Waals surface area contributed by atoms with E-state index < -0.39 is 30.7 Å². The minimum absolute atomic E-state index is 0. The lowest BCUT2D eigenvalue weighted by molar-refractivity contribution is -0.136. The number of alkyl halides is 2. The van der Waals surface area contributed by atoms with Crippen LogP contribution in [0.1, 0.15) is 31.2 Å². The third kappa shape index (κ3) is 4.95. The molecule has 1 saturated carbocycles. The molecule has 6 nitrogen and oxygen atoms in total. The molecule has 0 bridgehead atoms. The van der Waals surface area contributed by atoms with Crippen molar-refractivity contribution in [1.29, 1.82) is 0 Å². The fourth-order valence-corrected chi connectivity index (χ4v) is 3.27. The number of pyridine rings is 1. The second-order valence-corrected chi connectivity index (χ2v) is 6.80. The molecule has 3 rings (SSSR count). The summed E-state index contributed by atoms with van der Waals surface area (Å²) in [5.41, 5.74) is 0.352. The Hall–Kier alpha value is -1.74. The maximum Gasteiger partial charge on any atom is 0.255 e. The van der Waals surface area contributed by atoms with Crippen LogP contribution < -0.4 is 14.8 Å². The van der Waals surface area contributed by atoms with E-state index in [1.807, 2.05) is 11.9 Å². The Kier molecular flexibility index (Phi) is 6.80. The second-order valence-electron chi connectivity index (χ2n) is 6.80. The average molecular weight is 410 g/mol. The number of ether oxygens (including phenoxy) is 2. The molecular weight excluding hydrogens is 387 g/mol. The van der Waals surface area contributed by atoms with Crippen molar-refractivity contribution < 1.29 is 27.4 Å². The first kappa shape index (κ1) is 21.6. The van der Waals surface area contributed by atoms with E-state index in [-0.39, 0.29) is 42.7 Å². The normalized spacial score (nSPS) is 21.9. The van der Waals surface area contributed by atoms with Gasteiger partial charge in [0, 0.05) is 24.9 Å². The molecule has 2 fully saturated rings. The molecular formula is C17H23ClF3N3O3. The molecule has 1 amide bonds. The van der Waals surface area contributed by atoms with E-state index >= 15 is 0 Å². The monoisotopic (exact) mass is 409 g/mol. The summed E-state index contributed by atoms with van der Waals surface area (Å²) in [5, 5.41) is 2.76. The van der Waals surface area contributed by atoms with Crippen LogP contribution in [0.2, 0.25) is 0 Å². The highest BCUT2D eigenvalue weighted by atomic mass is 35.5. The highest BCUT2D eigenvalue weighted by molar-refractivity contribution is 5.85. The van der Waals surface area contributed by atoms with Gasteiger partial charge in [-0.25, -0.2) is 13.2 Å². The zero-order chi connectivity index (χ0) is 18.9. The molecule has 152 valence electrons. The zero-order valence-electron chi connectivity index (χ0n) is 15.1. The van der Waals surface area contributed by atoms with Crippen molar-refractivity contribution in [3.05, 3.63) is 17.4 Å².